The highest BCUT2D eigenvalue weighted by molar-refractivity contribution is 5.80. The van der Waals surface area contributed by atoms with Crippen LogP contribution in [0.25, 0.3) is 0 Å². The molecule has 0 saturated heterocycles. The van der Waals surface area contributed by atoms with Crippen molar-refractivity contribution in [1.82, 2.24) is 5.32 Å². The van der Waals surface area contributed by atoms with Gasteiger partial charge in [-0.3, -0.25) is 14.4 Å². The molecule has 33 heavy (non-hydrogen) atoms. The zero-order chi connectivity index (χ0) is 25.0. The van der Waals surface area contributed by atoms with Crippen molar-refractivity contribution in [2.75, 3.05) is 72.6 Å². The molecule has 0 aromatic rings. The zero-order valence-corrected chi connectivity index (χ0v) is 20.3. The summed E-state index contributed by atoms with van der Waals surface area (Å²) in [5.41, 5.74) is -0.584. The quantitative estimate of drug-likeness (QED) is 0.183. The molecule has 11 nitrogen and oxygen atoms in total. The summed E-state index contributed by atoms with van der Waals surface area (Å²) in [7, 11) is 0. The summed E-state index contributed by atoms with van der Waals surface area (Å²) in [4.78, 5) is 45.4. The predicted molar refractivity (Wildman–Crippen MR) is 118 cm³/mol. The van der Waals surface area contributed by atoms with Gasteiger partial charge in [0, 0.05) is 19.6 Å². The van der Waals surface area contributed by atoms with Gasteiger partial charge in [0.25, 0.3) is 0 Å². The van der Waals surface area contributed by atoms with Gasteiger partial charge in [0.1, 0.15) is 32.0 Å². The van der Waals surface area contributed by atoms with Gasteiger partial charge in [-0.2, -0.15) is 0 Å². The van der Waals surface area contributed by atoms with Gasteiger partial charge in [0.15, 0.2) is 11.6 Å². The number of amides is 1. The van der Waals surface area contributed by atoms with E-state index >= 15 is 0 Å². The number of Topliss-reactive ketones (excluding diaryl/α,β-unsaturated/α-hetero) is 2. The zero-order valence-electron chi connectivity index (χ0n) is 20.3. The minimum Gasteiger partial charge on any atom is -0.458 e. The van der Waals surface area contributed by atoms with Crippen molar-refractivity contribution in [2.24, 2.45) is 0 Å². The second-order valence-corrected chi connectivity index (χ2v) is 8.10. The van der Waals surface area contributed by atoms with E-state index in [0.29, 0.717) is 46.0 Å². The molecule has 0 aliphatic carbocycles. The fraction of sp³-hybridized carbons (Fsp3) is 0.818. The van der Waals surface area contributed by atoms with Gasteiger partial charge in [-0.25, -0.2) is 4.79 Å². The first kappa shape index (κ1) is 31.1. The third-order valence-corrected chi connectivity index (χ3v) is 3.50. The van der Waals surface area contributed by atoms with Crippen LogP contribution in [-0.4, -0.2) is 102 Å². The monoisotopic (exact) mass is 477 g/mol. The van der Waals surface area contributed by atoms with E-state index in [1.165, 1.54) is 6.92 Å². The molecule has 0 bridgehead atoms. The lowest BCUT2D eigenvalue weighted by atomic mass is 10.2. The lowest BCUT2D eigenvalue weighted by Gasteiger charge is -2.19. The molecule has 11 heteroatoms. The Morgan fingerprint density at radius 1 is 0.697 bits per heavy atom. The van der Waals surface area contributed by atoms with Crippen molar-refractivity contribution in [3.8, 4) is 0 Å². The smallest absolute Gasteiger partial charge is 0.332 e. The largest absolute Gasteiger partial charge is 0.458 e. The highest BCUT2D eigenvalue weighted by atomic mass is 16.6. The number of ketones is 2. The molecule has 0 aromatic heterocycles. The SMILES string of the molecule is CC(=O)COCCOCCNC(=O)COCCOCCCC(=O)COCC(=O)OC(C)(C)C. The van der Waals surface area contributed by atoms with E-state index in [1.54, 1.807) is 20.8 Å². The first-order valence-electron chi connectivity index (χ1n) is 11.0. The Kier molecular flexibility index (Phi) is 18.4. The van der Waals surface area contributed by atoms with E-state index in [4.69, 9.17) is 28.4 Å². The van der Waals surface area contributed by atoms with Crippen molar-refractivity contribution in [1.29, 1.82) is 0 Å². The lowest BCUT2D eigenvalue weighted by molar-refractivity contribution is -0.160. The molecule has 192 valence electrons. The number of hydrogen-bond acceptors (Lipinski definition) is 10. The Balaban J connectivity index is 3.41. The van der Waals surface area contributed by atoms with Crippen molar-refractivity contribution in [2.45, 2.75) is 46.1 Å². The molecule has 0 unspecified atom stereocenters. The second kappa shape index (κ2) is 19.5. The van der Waals surface area contributed by atoms with Gasteiger partial charge < -0.3 is 33.7 Å². The molecule has 0 fully saturated rings. The van der Waals surface area contributed by atoms with Crippen molar-refractivity contribution in [3.05, 3.63) is 0 Å². The normalized spacial score (nSPS) is 11.3. The number of ether oxygens (including phenoxy) is 6. The fourth-order valence-corrected chi connectivity index (χ4v) is 2.20. The Hall–Kier alpha value is -1.92. The molecule has 0 rings (SSSR count). The van der Waals surface area contributed by atoms with E-state index in [1.807, 2.05) is 0 Å². The van der Waals surface area contributed by atoms with Gasteiger partial charge in [0.2, 0.25) is 5.91 Å². The molecule has 0 atom stereocenters. The molecule has 0 aromatic carbocycles. The Morgan fingerprint density at radius 2 is 1.30 bits per heavy atom. The van der Waals surface area contributed by atoms with E-state index in [2.05, 4.69) is 5.32 Å². The highest BCUT2D eigenvalue weighted by Crippen LogP contribution is 2.06. The van der Waals surface area contributed by atoms with Gasteiger partial charge in [-0.1, -0.05) is 0 Å². The van der Waals surface area contributed by atoms with Gasteiger partial charge in [0.05, 0.1) is 33.0 Å². The first-order chi connectivity index (χ1) is 15.6. The maximum atomic E-state index is 11.7. The van der Waals surface area contributed by atoms with Crippen LogP contribution in [0.2, 0.25) is 0 Å². The summed E-state index contributed by atoms with van der Waals surface area (Å²) in [5, 5.41) is 2.65. The van der Waals surface area contributed by atoms with Crippen molar-refractivity contribution in [3.63, 3.8) is 0 Å². The van der Waals surface area contributed by atoms with E-state index < -0.39 is 11.6 Å². The predicted octanol–water partition coefficient (Wildman–Crippen LogP) is 0.466. The number of rotatable bonds is 21. The average Bonchev–Trinajstić information content (AvgIpc) is 2.70. The van der Waals surface area contributed by atoms with E-state index in [0.717, 1.165) is 0 Å². The van der Waals surface area contributed by atoms with Gasteiger partial charge in [-0.15, -0.1) is 0 Å². The standard InChI is InChI=1S/C22H39NO10/c1-18(24)14-30-12-11-29-9-7-23-20(26)16-31-13-10-28-8-5-6-19(25)15-32-17-21(27)33-22(2,3)4/h5-17H2,1-4H3,(H,23,26). The average molecular weight is 478 g/mol. The summed E-state index contributed by atoms with van der Waals surface area (Å²) < 4.78 is 31.0. The van der Waals surface area contributed by atoms with Crippen LogP contribution >= 0.6 is 0 Å². The van der Waals surface area contributed by atoms with Crippen molar-refractivity contribution >= 4 is 23.4 Å². The number of carbonyl (C=O) groups excluding carboxylic acids is 4. The topological polar surface area (TPSA) is 136 Å². The number of hydrogen-bond donors (Lipinski definition) is 1. The van der Waals surface area contributed by atoms with Crippen molar-refractivity contribution < 1.29 is 47.6 Å². The summed E-state index contributed by atoms with van der Waals surface area (Å²) in [5.74, 6) is -0.930. The van der Waals surface area contributed by atoms with E-state index in [-0.39, 0.29) is 56.9 Å². The summed E-state index contributed by atoms with van der Waals surface area (Å²) >= 11 is 0. The minimum atomic E-state index is -0.584. The van der Waals surface area contributed by atoms with Crippen LogP contribution in [0.1, 0.15) is 40.5 Å². The highest BCUT2D eigenvalue weighted by Gasteiger charge is 2.16. The Morgan fingerprint density at radius 3 is 1.94 bits per heavy atom. The molecular formula is C22H39NO10. The molecule has 1 N–H and O–H groups in total. The Bertz CT molecular complexity index is 574. The van der Waals surface area contributed by atoms with Gasteiger partial charge in [-0.05, 0) is 34.1 Å². The molecule has 1 amide bonds. The molecule has 0 aliphatic heterocycles. The molecule has 0 spiro atoms. The Labute approximate surface area is 195 Å². The number of carbonyl (C=O) groups is 4. The molecule has 0 saturated carbocycles. The fourth-order valence-electron chi connectivity index (χ4n) is 2.20. The third-order valence-electron chi connectivity index (χ3n) is 3.50. The first-order valence-corrected chi connectivity index (χ1v) is 11.0. The van der Waals surface area contributed by atoms with Crippen LogP contribution in [0.4, 0.5) is 0 Å². The van der Waals surface area contributed by atoms with Crippen LogP contribution in [0, 0.1) is 0 Å². The van der Waals surface area contributed by atoms with Crippen LogP contribution < -0.4 is 5.32 Å². The molecule has 0 heterocycles. The van der Waals surface area contributed by atoms with Crippen LogP contribution in [0.5, 0.6) is 0 Å². The summed E-state index contributed by atoms with van der Waals surface area (Å²) in [6.07, 6.45) is 0.803. The number of nitrogens with one attached hydrogen (secondary N) is 1. The number of esters is 1. The third kappa shape index (κ3) is 24.6. The van der Waals surface area contributed by atoms with Gasteiger partial charge >= 0.3 is 5.97 Å². The maximum Gasteiger partial charge on any atom is 0.332 e. The van der Waals surface area contributed by atoms with Crippen LogP contribution in [0.15, 0.2) is 0 Å². The molecule has 0 aliphatic rings. The van der Waals surface area contributed by atoms with E-state index in [9.17, 15) is 19.2 Å². The van der Waals surface area contributed by atoms with Crippen LogP contribution in [0.3, 0.4) is 0 Å². The summed E-state index contributed by atoms with van der Waals surface area (Å²) in [6.45, 7) is 8.60. The minimum absolute atomic E-state index is 0.0401. The lowest BCUT2D eigenvalue weighted by Crippen LogP contribution is -2.31. The summed E-state index contributed by atoms with van der Waals surface area (Å²) in [6, 6.07) is 0. The van der Waals surface area contributed by atoms with Crippen LogP contribution in [-0.2, 0) is 47.6 Å². The second-order valence-electron chi connectivity index (χ2n) is 8.10. The maximum absolute atomic E-state index is 11.7. The molecular weight excluding hydrogens is 438 g/mol. The molecule has 0 radical (unpaired) electrons.